The second kappa shape index (κ2) is 7.77. The van der Waals surface area contributed by atoms with Crippen LogP contribution < -0.4 is 20.3 Å². The molecule has 0 saturated carbocycles. The molecule has 0 aliphatic rings. The zero-order chi connectivity index (χ0) is 19.3. The molecule has 138 valence electrons. The van der Waals surface area contributed by atoms with Crippen LogP contribution in [0.3, 0.4) is 0 Å². The molecule has 1 amide bonds. The first-order valence-corrected chi connectivity index (χ1v) is 7.25. The van der Waals surface area contributed by atoms with Crippen molar-refractivity contribution in [2.24, 2.45) is 0 Å². The highest BCUT2D eigenvalue weighted by Gasteiger charge is 2.31. The standard InChI is InChI=1S/C17H15F3N2O4/c1-25-12-5-3-10(14(8-12)26-2)4-6-15(23)22-13-7-11(17(18,19)20)9-21-16(13)24/h3-9H,1-2H3,(H,21,24)(H,22,23). The summed E-state index contributed by atoms with van der Waals surface area (Å²) < 4.78 is 48.3. The van der Waals surface area contributed by atoms with E-state index in [0.717, 1.165) is 6.08 Å². The number of ether oxygens (including phenoxy) is 2. The Morgan fingerprint density at radius 1 is 1.19 bits per heavy atom. The number of carbonyl (C=O) groups excluding carboxylic acids is 1. The topological polar surface area (TPSA) is 80.4 Å². The minimum Gasteiger partial charge on any atom is -0.497 e. The minimum absolute atomic E-state index is 0.435. The number of benzene rings is 1. The summed E-state index contributed by atoms with van der Waals surface area (Å²) in [5, 5.41) is 2.12. The van der Waals surface area contributed by atoms with Crippen LogP contribution in [0, 0.1) is 0 Å². The summed E-state index contributed by atoms with van der Waals surface area (Å²) in [5.41, 5.74) is -1.88. The van der Waals surface area contributed by atoms with Gasteiger partial charge in [0.25, 0.3) is 5.56 Å². The van der Waals surface area contributed by atoms with Crippen molar-refractivity contribution in [3.05, 3.63) is 58.0 Å². The average Bonchev–Trinajstić information content (AvgIpc) is 2.60. The zero-order valence-corrected chi connectivity index (χ0v) is 13.8. The van der Waals surface area contributed by atoms with E-state index in [-0.39, 0.29) is 0 Å². The third kappa shape index (κ3) is 4.65. The normalized spacial score (nSPS) is 11.4. The van der Waals surface area contributed by atoms with Crippen molar-refractivity contribution < 1.29 is 27.4 Å². The smallest absolute Gasteiger partial charge is 0.417 e. The molecule has 2 rings (SSSR count). The number of carbonyl (C=O) groups is 1. The van der Waals surface area contributed by atoms with E-state index in [2.05, 4.69) is 5.32 Å². The van der Waals surface area contributed by atoms with Gasteiger partial charge in [0.15, 0.2) is 0 Å². The number of alkyl halides is 3. The number of H-pyrrole nitrogens is 1. The summed E-state index contributed by atoms with van der Waals surface area (Å²) in [6.07, 6.45) is -1.63. The van der Waals surface area contributed by atoms with Crippen LogP contribution in [0.15, 0.2) is 41.3 Å². The highest BCUT2D eigenvalue weighted by molar-refractivity contribution is 6.02. The van der Waals surface area contributed by atoms with E-state index >= 15 is 0 Å². The Labute approximate surface area is 146 Å². The first-order chi connectivity index (χ1) is 12.2. The first-order valence-electron chi connectivity index (χ1n) is 7.25. The van der Waals surface area contributed by atoms with Crippen molar-refractivity contribution in [1.82, 2.24) is 4.98 Å². The Morgan fingerprint density at radius 2 is 1.92 bits per heavy atom. The van der Waals surface area contributed by atoms with Crippen LogP contribution in [0.4, 0.5) is 18.9 Å². The molecule has 0 aliphatic heterocycles. The molecule has 0 atom stereocenters. The maximum atomic E-state index is 12.7. The van der Waals surface area contributed by atoms with Gasteiger partial charge in [0.1, 0.15) is 17.2 Å². The largest absolute Gasteiger partial charge is 0.497 e. The van der Waals surface area contributed by atoms with Crippen LogP contribution in [-0.2, 0) is 11.0 Å². The SMILES string of the molecule is COc1ccc(C=CC(=O)Nc2cc(C(F)(F)F)c[nH]c2=O)c(OC)c1. The number of pyridine rings is 1. The molecule has 2 N–H and O–H groups in total. The molecule has 1 heterocycles. The van der Waals surface area contributed by atoms with E-state index in [9.17, 15) is 22.8 Å². The van der Waals surface area contributed by atoms with Crippen LogP contribution in [0.25, 0.3) is 6.08 Å². The maximum Gasteiger partial charge on any atom is 0.417 e. The molecule has 0 spiro atoms. The second-order valence-corrected chi connectivity index (χ2v) is 5.06. The summed E-state index contributed by atoms with van der Waals surface area (Å²) in [7, 11) is 2.93. The lowest BCUT2D eigenvalue weighted by Crippen LogP contribution is -2.20. The lowest BCUT2D eigenvalue weighted by atomic mass is 10.1. The van der Waals surface area contributed by atoms with Crippen molar-refractivity contribution >= 4 is 17.7 Å². The number of aromatic nitrogens is 1. The predicted molar refractivity (Wildman–Crippen MR) is 89.3 cm³/mol. The summed E-state index contributed by atoms with van der Waals surface area (Å²) in [4.78, 5) is 25.4. The molecule has 2 aromatic rings. The van der Waals surface area contributed by atoms with Crippen LogP contribution in [0.2, 0.25) is 0 Å². The number of halogens is 3. The Bertz CT molecular complexity index is 888. The highest BCUT2D eigenvalue weighted by atomic mass is 19.4. The van der Waals surface area contributed by atoms with Crippen molar-refractivity contribution in [2.45, 2.75) is 6.18 Å². The van der Waals surface area contributed by atoms with Gasteiger partial charge in [-0.2, -0.15) is 13.2 Å². The van der Waals surface area contributed by atoms with Gasteiger partial charge in [0, 0.05) is 23.9 Å². The number of hydrogen-bond acceptors (Lipinski definition) is 4. The van der Waals surface area contributed by atoms with Crippen LogP contribution in [-0.4, -0.2) is 25.1 Å². The lowest BCUT2D eigenvalue weighted by Gasteiger charge is -2.08. The fraction of sp³-hybridized carbons (Fsp3) is 0.176. The summed E-state index contributed by atoms with van der Waals surface area (Å²) in [5.74, 6) is 0.219. The maximum absolute atomic E-state index is 12.7. The molecule has 0 fully saturated rings. The third-order valence-corrected chi connectivity index (χ3v) is 3.34. The molecule has 26 heavy (non-hydrogen) atoms. The number of hydrogen-bond donors (Lipinski definition) is 2. The van der Waals surface area contributed by atoms with Crippen LogP contribution in [0.1, 0.15) is 11.1 Å². The van der Waals surface area contributed by atoms with Gasteiger partial charge in [-0.05, 0) is 24.3 Å². The molecule has 0 saturated heterocycles. The van der Waals surface area contributed by atoms with Crippen molar-refractivity contribution in [2.75, 3.05) is 19.5 Å². The fourth-order valence-electron chi connectivity index (χ4n) is 2.04. The summed E-state index contributed by atoms with van der Waals surface area (Å²) in [6.45, 7) is 0. The molecule has 1 aromatic heterocycles. The first kappa shape index (κ1) is 19.1. The van der Waals surface area contributed by atoms with E-state index in [4.69, 9.17) is 9.47 Å². The Balaban J connectivity index is 2.19. The van der Waals surface area contributed by atoms with E-state index in [1.807, 2.05) is 4.98 Å². The molecule has 6 nitrogen and oxygen atoms in total. The van der Waals surface area contributed by atoms with Crippen molar-refractivity contribution in [1.29, 1.82) is 0 Å². The average molecular weight is 368 g/mol. The Morgan fingerprint density at radius 3 is 2.54 bits per heavy atom. The fourth-order valence-corrected chi connectivity index (χ4v) is 2.04. The van der Waals surface area contributed by atoms with Gasteiger partial charge in [-0.1, -0.05) is 0 Å². The quantitative estimate of drug-likeness (QED) is 0.795. The van der Waals surface area contributed by atoms with Crippen molar-refractivity contribution in [3.8, 4) is 11.5 Å². The van der Waals surface area contributed by atoms with Gasteiger partial charge in [-0.25, -0.2) is 0 Å². The summed E-state index contributed by atoms with van der Waals surface area (Å²) >= 11 is 0. The summed E-state index contributed by atoms with van der Waals surface area (Å²) in [6, 6.07) is 5.46. The van der Waals surface area contributed by atoms with Gasteiger partial charge >= 0.3 is 6.18 Å². The minimum atomic E-state index is -4.64. The number of amides is 1. The molecule has 0 bridgehead atoms. The van der Waals surface area contributed by atoms with Gasteiger partial charge in [0.05, 0.1) is 19.8 Å². The Hall–Kier alpha value is -3.23. The van der Waals surface area contributed by atoms with Gasteiger partial charge in [-0.15, -0.1) is 0 Å². The van der Waals surface area contributed by atoms with E-state index in [1.54, 1.807) is 18.2 Å². The highest BCUT2D eigenvalue weighted by Crippen LogP contribution is 2.29. The van der Waals surface area contributed by atoms with E-state index < -0.39 is 28.9 Å². The number of anilines is 1. The lowest BCUT2D eigenvalue weighted by molar-refractivity contribution is -0.137. The molecule has 0 unspecified atom stereocenters. The number of rotatable bonds is 5. The number of methoxy groups -OCH3 is 2. The van der Waals surface area contributed by atoms with Crippen molar-refractivity contribution in [3.63, 3.8) is 0 Å². The van der Waals surface area contributed by atoms with E-state index in [1.165, 1.54) is 20.3 Å². The monoisotopic (exact) mass is 368 g/mol. The van der Waals surface area contributed by atoms with Gasteiger partial charge < -0.3 is 19.8 Å². The van der Waals surface area contributed by atoms with Crippen LogP contribution in [0.5, 0.6) is 11.5 Å². The molecule has 1 aromatic carbocycles. The number of aromatic amines is 1. The molecule has 9 heteroatoms. The molecular formula is C17H15F3N2O4. The molecule has 0 aliphatic carbocycles. The molecule has 0 radical (unpaired) electrons. The van der Waals surface area contributed by atoms with Gasteiger partial charge in [-0.3, -0.25) is 9.59 Å². The van der Waals surface area contributed by atoms with E-state index in [0.29, 0.717) is 29.3 Å². The second-order valence-electron chi connectivity index (χ2n) is 5.06. The van der Waals surface area contributed by atoms with Crippen LogP contribution >= 0.6 is 0 Å². The van der Waals surface area contributed by atoms with Gasteiger partial charge in [0.2, 0.25) is 5.91 Å². The predicted octanol–water partition coefficient (Wildman–Crippen LogP) is 3.06. The number of nitrogens with one attached hydrogen (secondary N) is 2. The zero-order valence-electron chi connectivity index (χ0n) is 13.8. The Kier molecular flexibility index (Phi) is 5.71. The third-order valence-electron chi connectivity index (χ3n) is 3.34. The molecular weight excluding hydrogens is 353 g/mol.